The topological polar surface area (TPSA) is 71.1 Å². The fourth-order valence-electron chi connectivity index (χ4n) is 2.76. The lowest BCUT2D eigenvalue weighted by Gasteiger charge is -2.21. The monoisotopic (exact) mass is 311 g/mol. The van der Waals surface area contributed by atoms with Crippen LogP contribution in [-0.2, 0) is 10.0 Å². The van der Waals surface area contributed by atoms with Crippen LogP contribution >= 0.6 is 0 Å². The quantitative estimate of drug-likeness (QED) is 0.877. The highest BCUT2D eigenvalue weighted by Gasteiger charge is 2.23. The molecule has 2 rings (SSSR count). The zero-order valence-electron chi connectivity index (χ0n) is 12.6. The summed E-state index contributed by atoms with van der Waals surface area (Å²) in [5, 5.41) is 3.01. The van der Waals surface area contributed by atoms with Gasteiger partial charge in [0.15, 0.2) is 0 Å². The Kier molecular flexibility index (Phi) is 5.99. The number of anilines is 1. The van der Waals surface area contributed by atoms with E-state index in [0.717, 1.165) is 25.7 Å². The summed E-state index contributed by atoms with van der Waals surface area (Å²) in [5.41, 5.74) is 0. The third-order valence-electron chi connectivity index (χ3n) is 3.83. The average Bonchev–Trinajstić information content (AvgIpc) is 2.42. The second-order valence-corrected chi connectivity index (χ2v) is 7.23. The fourth-order valence-corrected chi connectivity index (χ4v) is 4.20. The Balaban J connectivity index is 2.13. The molecule has 6 heteroatoms. The van der Waals surface area contributed by atoms with E-state index >= 15 is 0 Å². The summed E-state index contributed by atoms with van der Waals surface area (Å²) in [7, 11) is -3.52. The van der Waals surface area contributed by atoms with E-state index in [9.17, 15) is 8.42 Å². The number of hydrogen-bond donors (Lipinski definition) is 2. The molecule has 0 saturated heterocycles. The second-order valence-electron chi connectivity index (χ2n) is 5.54. The molecule has 1 heterocycles. The summed E-state index contributed by atoms with van der Waals surface area (Å²) < 4.78 is 28.1. The summed E-state index contributed by atoms with van der Waals surface area (Å²) >= 11 is 0. The predicted molar refractivity (Wildman–Crippen MR) is 84.8 cm³/mol. The van der Waals surface area contributed by atoms with Gasteiger partial charge in [0.05, 0.1) is 0 Å². The summed E-state index contributed by atoms with van der Waals surface area (Å²) in [5.74, 6) is 0.429. The van der Waals surface area contributed by atoms with Crippen molar-refractivity contribution >= 4 is 15.8 Å². The standard InChI is InChI=1S/C15H25N3O2S/c1-2-16-15-14(11-8-12-17-15)21(19,20)18-13-9-6-4-3-5-7-10-13/h8,11-13,18H,2-7,9-10H2,1H3,(H,16,17). The molecule has 0 aromatic carbocycles. The molecule has 0 atom stereocenters. The first-order valence-corrected chi connectivity index (χ1v) is 9.33. The Morgan fingerprint density at radius 2 is 1.86 bits per heavy atom. The molecule has 0 radical (unpaired) electrons. The van der Waals surface area contributed by atoms with Gasteiger partial charge in [-0.2, -0.15) is 0 Å². The predicted octanol–water partition coefficient (Wildman–Crippen LogP) is 2.90. The van der Waals surface area contributed by atoms with E-state index < -0.39 is 10.0 Å². The number of sulfonamides is 1. The number of pyridine rings is 1. The van der Waals surface area contributed by atoms with Gasteiger partial charge in [-0.1, -0.05) is 32.1 Å². The van der Waals surface area contributed by atoms with Gasteiger partial charge in [0.2, 0.25) is 10.0 Å². The highest BCUT2D eigenvalue weighted by Crippen LogP contribution is 2.22. The normalized spacial score (nSPS) is 18.0. The van der Waals surface area contributed by atoms with Crippen molar-refractivity contribution in [3.8, 4) is 0 Å². The molecule has 0 bridgehead atoms. The van der Waals surface area contributed by atoms with Crippen molar-refractivity contribution < 1.29 is 8.42 Å². The molecule has 1 aromatic heterocycles. The molecule has 1 aromatic rings. The third kappa shape index (κ3) is 4.68. The molecule has 0 amide bonds. The molecule has 118 valence electrons. The van der Waals surface area contributed by atoms with Gasteiger partial charge in [-0.25, -0.2) is 18.1 Å². The van der Waals surface area contributed by atoms with Gasteiger partial charge < -0.3 is 5.32 Å². The van der Waals surface area contributed by atoms with E-state index in [4.69, 9.17) is 0 Å². The minimum Gasteiger partial charge on any atom is -0.369 e. The number of nitrogens with one attached hydrogen (secondary N) is 2. The Morgan fingerprint density at radius 3 is 2.52 bits per heavy atom. The van der Waals surface area contributed by atoms with Crippen molar-refractivity contribution in [3.05, 3.63) is 18.3 Å². The Bertz CT molecular complexity index is 538. The van der Waals surface area contributed by atoms with E-state index in [1.54, 1.807) is 18.3 Å². The van der Waals surface area contributed by atoms with Crippen molar-refractivity contribution in [3.63, 3.8) is 0 Å². The maximum absolute atomic E-state index is 12.6. The van der Waals surface area contributed by atoms with Crippen molar-refractivity contribution in [2.24, 2.45) is 0 Å². The average molecular weight is 311 g/mol. The van der Waals surface area contributed by atoms with Crippen LogP contribution in [0.2, 0.25) is 0 Å². The summed E-state index contributed by atoms with van der Waals surface area (Å²) in [4.78, 5) is 4.38. The zero-order chi connectivity index (χ0) is 15.1. The van der Waals surface area contributed by atoms with Gasteiger partial charge in [-0.15, -0.1) is 0 Å². The zero-order valence-corrected chi connectivity index (χ0v) is 13.5. The highest BCUT2D eigenvalue weighted by atomic mass is 32.2. The molecule has 1 aliphatic rings. The van der Waals surface area contributed by atoms with E-state index in [2.05, 4.69) is 15.0 Å². The van der Waals surface area contributed by atoms with E-state index in [1.165, 1.54) is 19.3 Å². The Morgan fingerprint density at radius 1 is 1.19 bits per heavy atom. The molecule has 0 aliphatic heterocycles. The maximum Gasteiger partial charge on any atom is 0.244 e. The van der Waals surface area contributed by atoms with Gasteiger partial charge in [-0.3, -0.25) is 0 Å². The molecular weight excluding hydrogens is 286 g/mol. The summed E-state index contributed by atoms with van der Waals surface area (Å²) in [6, 6.07) is 3.31. The van der Waals surface area contributed by atoms with Crippen LogP contribution in [-0.4, -0.2) is 26.0 Å². The van der Waals surface area contributed by atoms with Crippen molar-refractivity contribution in [2.75, 3.05) is 11.9 Å². The van der Waals surface area contributed by atoms with Gasteiger partial charge in [-0.05, 0) is 31.9 Å². The maximum atomic E-state index is 12.6. The SMILES string of the molecule is CCNc1ncccc1S(=O)(=O)NC1CCCCCCC1. The third-order valence-corrected chi connectivity index (χ3v) is 5.38. The summed E-state index contributed by atoms with van der Waals surface area (Å²) in [6.45, 7) is 2.57. The summed E-state index contributed by atoms with van der Waals surface area (Å²) in [6.07, 6.45) is 9.33. The first-order chi connectivity index (χ1) is 10.1. The molecule has 1 saturated carbocycles. The van der Waals surface area contributed by atoms with Gasteiger partial charge >= 0.3 is 0 Å². The molecule has 1 fully saturated rings. The van der Waals surface area contributed by atoms with Gasteiger partial charge in [0, 0.05) is 18.8 Å². The van der Waals surface area contributed by atoms with Crippen molar-refractivity contribution in [1.29, 1.82) is 0 Å². The smallest absolute Gasteiger partial charge is 0.244 e. The first kappa shape index (κ1) is 16.2. The van der Waals surface area contributed by atoms with E-state index in [-0.39, 0.29) is 10.9 Å². The first-order valence-electron chi connectivity index (χ1n) is 7.84. The van der Waals surface area contributed by atoms with Crippen LogP contribution in [0.15, 0.2) is 23.2 Å². The molecule has 5 nitrogen and oxygen atoms in total. The van der Waals surface area contributed by atoms with Crippen molar-refractivity contribution in [1.82, 2.24) is 9.71 Å². The second kappa shape index (κ2) is 7.75. The van der Waals surface area contributed by atoms with Crippen LogP contribution in [0.25, 0.3) is 0 Å². The van der Waals surface area contributed by atoms with Crippen LogP contribution in [0.5, 0.6) is 0 Å². The molecule has 21 heavy (non-hydrogen) atoms. The van der Waals surface area contributed by atoms with Crippen LogP contribution in [0.1, 0.15) is 51.9 Å². The fraction of sp³-hybridized carbons (Fsp3) is 0.667. The van der Waals surface area contributed by atoms with Crippen LogP contribution in [0.4, 0.5) is 5.82 Å². The number of hydrogen-bond acceptors (Lipinski definition) is 4. The number of nitrogens with zero attached hydrogens (tertiary/aromatic N) is 1. The van der Waals surface area contributed by atoms with Crippen LogP contribution in [0, 0.1) is 0 Å². The lowest BCUT2D eigenvalue weighted by atomic mass is 9.97. The number of aromatic nitrogens is 1. The van der Waals surface area contributed by atoms with E-state index in [0.29, 0.717) is 12.4 Å². The molecular formula is C15H25N3O2S. The van der Waals surface area contributed by atoms with Crippen LogP contribution < -0.4 is 10.0 Å². The largest absolute Gasteiger partial charge is 0.369 e. The minimum atomic E-state index is -3.52. The number of rotatable bonds is 5. The van der Waals surface area contributed by atoms with E-state index in [1.807, 2.05) is 6.92 Å². The minimum absolute atomic E-state index is 0.0463. The lowest BCUT2D eigenvalue weighted by molar-refractivity contribution is 0.426. The molecule has 1 aliphatic carbocycles. The highest BCUT2D eigenvalue weighted by molar-refractivity contribution is 7.89. The Labute approximate surface area is 127 Å². The van der Waals surface area contributed by atoms with Gasteiger partial charge in [0.1, 0.15) is 10.7 Å². The lowest BCUT2D eigenvalue weighted by Crippen LogP contribution is -2.35. The molecule has 0 spiro atoms. The Hall–Kier alpha value is -1.14. The van der Waals surface area contributed by atoms with Crippen LogP contribution in [0.3, 0.4) is 0 Å². The molecule has 0 unspecified atom stereocenters. The van der Waals surface area contributed by atoms with Gasteiger partial charge in [0.25, 0.3) is 0 Å². The molecule has 2 N–H and O–H groups in total. The van der Waals surface area contributed by atoms with Crippen molar-refractivity contribution in [2.45, 2.75) is 62.8 Å².